The summed E-state index contributed by atoms with van der Waals surface area (Å²) in [6.45, 7) is 6.95. The van der Waals surface area contributed by atoms with Crippen LogP contribution in [0.5, 0.6) is 0 Å². The van der Waals surface area contributed by atoms with E-state index in [0.29, 0.717) is 6.54 Å². The molecule has 0 spiro atoms. The summed E-state index contributed by atoms with van der Waals surface area (Å²) in [5.74, 6) is 0.367. The summed E-state index contributed by atoms with van der Waals surface area (Å²) in [6, 6.07) is 0. The molecule has 1 atom stereocenters. The van der Waals surface area contributed by atoms with Crippen molar-refractivity contribution in [2.75, 3.05) is 0 Å². The van der Waals surface area contributed by atoms with E-state index in [1.54, 1.807) is 0 Å². The number of fused-ring (bicyclic) bond motifs is 1. The van der Waals surface area contributed by atoms with Gasteiger partial charge in [0.25, 0.3) is 0 Å². The Hall–Kier alpha value is -1.36. The number of nitrogens with zero attached hydrogens (tertiary/aromatic N) is 2. The highest BCUT2D eigenvalue weighted by molar-refractivity contribution is 5.77. The lowest BCUT2D eigenvalue weighted by molar-refractivity contribution is -0.157. The van der Waals surface area contributed by atoms with Crippen LogP contribution in [0.2, 0.25) is 0 Å². The summed E-state index contributed by atoms with van der Waals surface area (Å²) < 4.78 is 7.48. The Balaban J connectivity index is 2.21. The van der Waals surface area contributed by atoms with Crippen LogP contribution in [-0.4, -0.2) is 21.1 Å². The zero-order valence-corrected chi connectivity index (χ0v) is 11.3. The first kappa shape index (κ1) is 13.1. The molecule has 0 radical (unpaired) electrons. The SMILES string of the molecule is CC(C)(C)OC(=O)C1CCCn2cc(CN)nc21. The van der Waals surface area contributed by atoms with Crippen molar-refractivity contribution in [2.24, 2.45) is 5.73 Å². The fraction of sp³-hybridized carbons (Fsp3) is 0.692. The fourth-order valence-electron chi connectivity index (χ4n) is 2.23. The van der Waals surface area contributed by atoms with E-state index < -0.39 is 5.60 Å². The molecule has 1 aliphatic rings. The van der Waals surface area contributed by atoms with E-state index in [9.17, 15) is 4.79 Å². The summed E-state index contributed by atoms with van der Waals surface area (Å²) in [4.78, 5) is 16.6. The Morgan fingerprint density at radius 2 is 2.33 bits per heavy atom. The summed E-state index contributed by atoms with van der Waals surface area (Å²) in [5.41, 5.74) is 5.97. The number of imidazole rings is 1. The summed E-state index contributed by atoms with van der Waals surface area (Å²) in [5, 5.41) is 0. The molecule has 2 N–H and O–H groups in total. The van der Waals surface area contributed by atoms with Crippen molar-refractivity contribution in [1.29, 1.82) is 0 Å². The molecular formula is C13H21N3O2. The van der Waals surface area contributed by atoms with Gasteiger partial charge in [0.05, 0.1) is 5.69 Å². The lowest BCUT2D eigenvalue weighted by Gasteiger charge is -2.26. The Kier molecular flexibility index (Phi) is 3.43. The lowest BCUT2D eigenvalue weighted by Crippen LogP contribution is -2.30. The number of hydrogen-bond acceptors (Lipinski definition) is 4. The highest BCUT2D eigenvalue weighted by Crippen LogP contribution is 2.29. The van der Waals surface area contributed by atoms with Gasteiger partial charge >= 0.3 is 5.97 Å². The maximum atomic E-state index is 12.2. The molecule has 0 saturated carbocycles. The van der Waals surface area contributed by atoms with Gasteiger partial charge in [-0.05, 0) is 33.6 Å². The second kappa shape index (κ2) is 4.72. The first-order valence-corrected chi connectivity index (χ1v) is 6.39. The molecule has 2 rings (SSSR count). The molecule has 0 saturated heterocycles. The van der Waals surface area contributed by atoms with E-state index in [1.807, 2.05) is 31.5 Å². The number of aryl methyl sites for hydroxylation is 1. The molecule has 5 nitrogen and oxygen atoms in total. The van der Waals surface area contributed by atoms with E-state index >= 15 is 0 Å². The number of carbonyl (C=O) groups is 1. The van der Waals surface area contributed by atoms with E-state index in [-0.39, 0.29) is 11.9 Å². The van der Waals surface area contributed by atoms with Crippen LogP contribution in [-0.2, 0) is 22.6 Å². The first-order chi connectivity index (χ1) is 8.40. The first-order valence-electron chi connectivity index (χ1n) is 6.39. The van der Waals surface area contributed by atoms with Gasteiger partial charge in [-0.3, -0.25) is 4.79 Å². The predicted octanol–water partition coefficient (Wildman–Crippen LogP) is 1.56. The predicted molar refractivity (Wildman–Crippen MR) is 67.9 cm³/mol. The van der Waals surface area contributed by atoms with Gasteiger partial charge in [-0.25, -0.2) is 4.98 Å². The van der Waals surface area contributed by atoms with Gasteiger partial charge < -0.3 is 15.0 Å². The quantitative estimate of drug-likeness (QED) is 0.810. The van der Waals surface area contributed by atoms with Gasteiger partial charge in [0.1, 0.15) is 17.3 Å². The molecule has 5 heteroatoms. The zero-order chi connectivity index (χ0) is 13.3. The van der Waals surface area contributed by atoms with Crippen LogP contribution >= 0.6 is 0 Å². The summed E-state index contributed by atoms with van der Waals surface area (Å²) in [7, 11) is 0. The van der Waals surface area contributed by atoms with E-state index in [2.05, 4.69) is 4.98 Å². The number of rotatable bonds is 2. The molecule has 1 aromatic rings. The minimum absolute atomic E-state index is 0.183. The van der Waals surface area contributed by atoms with Crippen LogP contribution < -0.4 is 5.73 Å². The van der Waals surface area contributed by atoms with Crippen molar-refractivity contribution in [3.63, 3.8) is 0 Å². The van der Waals surface area contributed by atoms with Crippen LogP contribution in [0, 0.1) is 0 Å². The average molecular weight is 251 g/mol. The number of hydrogen-bond donors (Lipinski definition) is 1. The minimum Gasteiger partial charge on any atom is -0.459 e. The molecule has 1 unspecified atom stereocenters. The van der Waals surface area contributed by atoms with Gasteiger partial charge in [-0.1, -0.05) is 0 Å². The Morgan fingerprint density at radius 3 is 2.94 bits per heavy atom. The Labute approximate surface area is 107 Å². The van der Waals surface area contributed by atoms with Crippen molar-refractivity contribution in [2.45, 2.75) is 58.2 Å². The third-order valence-corrected chi connectivity index (χ3v) is 2.96. The molecule has 100 valence electrons. The molecule has 0 aromatic carbocycles. The maximum absolute atomic E-state index is 12.2. The van der Waals surface area contributed by atoms with Gasteiger partial charge in [0, 0.05) is 19.3 Å². The smallest absolute Gasteiger partial charge is 0.317 e. The van der Waals surface area contributed by atoms with Gasteiger partial charge in [-0.15, -0.1) is 0 Å². The second-order valence-corrected chi connectivity index (χ2v) is 5.72. The van der Waals surface area contributed by atoms with E-state index in [0.717, 1.165) is 30.9 Å². The number of esters is 1. The van der Waals surface area contributed by atoms with Crippen LogP contribution in [0.3, 0.4) is 0 Å². The largest absolute Gasteiger partial charge is 0.459 e. The normalized spacial score (nSPS) is 19.4. The third kappa shape index (κ3) is 2.72. The molecule has 0 aliphatic carbocycles. The summed E-state index contributed by atoms with van der Waals surface area (Å²) in [6.07, 6.45) is 3.71. The molecule has 0 fully saturated rings. The lowest BCUT2D eigenvalue weighted by atomic mass is 9.99. The van der Waals surface area contributed by atoms with Crippen LogP contribution in [0.15, 0.2) is 6.20 Å². The van der Waals surface area contributed by atoms with Crippen LogP contribution in [0.1, 0.15) is 51.0 Å². The maximum Gasteiger partial charge on any atom is 0.317 e. The number of carbonyl (C=O) groups excluding carboxylic acids is 1. The summed E-state index contributed by atoms with van der Waals surface area (Å²) >= 11 is 0. The van der Waals surface area contributed by atoms with Crippen molar-refractivity contribution in [1.82, 2.24) is 9.55 Å². The number of nitrogens with two attached hydrogens (primary N) is 1. The highest BCUT2D eigenvalue weighted by atomic mass is 16.6. The minimum atomic E-state index is -0.456. The Bertz CT molecular complexity index is 446. The molecule has 18 heavy (non-hydrogen) atoms. The monoisotopic (exact) mass is 251 g/mol. The Morgan fingerprint density at radius 1 is 1.61 bits per heavy atom. The second-order valence-electron chi connectivity index (χ2n) is 5.72. The molecule has 2 heterocycles. The standard InChI is InChI=1S/C13H21N3O2/c1-13(2,3)18-12(17)10-5-4-6-16-8-9(7-14)15-11(10)16/h8,10H,4-7,14H2,1-3H3. The number of ether oxygens (including phenoxy) is 1. The average Bonchev–Trinajstić information content (AvgIpc) is 2.68. The van der Waals surface area contributed by atoms with E-state index in [1.165, 1.54) is 0 Å². The molecule has 1 aliphatic heterocycles. The van der Waals surface area contributed by atoms with Crippen molar-refractivity contribution in [3.05, 3.63) is 17.7 Å². The topological polar surface area (TPSA) is 70.1 Å². The number of aromatic nitrogens is 2. The molecule has 0 bridgehead atoms. The van der Waals surface area contributed by atoms with Gasteiger partial charge in [-0.2, -0.15) is 0 Å². The van der Waals surface area contributed by atoms with Crippen molar-refractivity contribution < 1.29 is 9.53 Å². The molecule has 1 aromatic heterocycles. The van der Waals surface area contributed by atoms with Crippen LogP contribution in [0.25, 0.3) is 0 Å². The van der Waals surface area contributed by atoms with Crippen molar-refractivity contribution >= 4 is 5.97 Å². The molecular weight excluding hydrogens is 230 g/mol. The fourth-order valence-corrected chi connectivity index (χ4v) is 2.23. The van der Waals surface area contributed by atoms with Gasteiger partial charge in [0.15, 0.2) is 0 Å². The highest BCUT2D eigenvalue weighted by Gasteiger charge is 2.32. The van der Waals surface area contributed by atoms with Crippen molar-refractivity contribution in [3.8, 4) is 0 Å². The third-order valence-electron chi connectivity index (χ3n) is 2.96. The van der Waals surface area contributed by atoms with E-state index in [4.69, 9.17) is 10.5 Å². The van der Waals surface area contributed by atoms with Crippen LogP contribution in [0.4, 0.5) is 0 Å². The van der Waals surface area contributed by atoms with Gasteiger partial charge in [0.2, 0.25) is 0 Å². The zero-order valence-electron chi connectivity index (χ0n) is 11.3. The molecule has 0 amide bonds.